The summed E-state index contributed by atoms with van der Waals surface area (Å²) in [7, 11) is 3.22. The summed E-state index contributed by atoms with van der Waals surface area (Å²) < 4.78 is 14.4. The molecule has 0 aliphatic heterocycles. The van der Waals surface area contributed by atoms with Crippen LogP contribution in [0, 0.1) is 5.92 Å². The van der Waals surface area contributed by atoms with Crippen molar-refractivity contribution < 1.29 is 52.9 Å². The molecule has 0 aliphatic carbocycles. The summed E-state index contributed by atoms with van der Waals surface area (Å²) in [5.41, 5.74) is 20.8. The molecule has 19 nitrogen and oxygen atoms in total. The molecule has 320 valence electrons. The highest BCUT2D eigenvalue weighted by atomic mass is 16.5. The van der Waals surface area contributed by atoms with Crippen molar-refractivity contribution in [1.29, 1.82) is 0 Å². The molecule has 19 heteroatoms. The van der Waals surface area contributed by atoms with E-state index in [9.17, 15) is 38.7 Å². The van der Waals surface area contributed by atoms with Crippen molar-refractivity contribution in [2.75, 3.05) is 32.8 Å². The average Bonchev–Trinajstić information content (AvgIpc) is 3.65. The third-order valence-electron chi connectivity index (χ3n) is 9.90. The summed E-state index contributed by atoms with van der Waals surface area (Å²) >= 11 is 0. The molecule has 3 amide bonds. The Labute approximate surface area is 345 Å². The standard InChI is InChI=1S/C41H50N8O11/c1-58-38(55)28(42)16-18-31(50)49(30(40(57)60-3)21-27(37(53)54)20-24-8-5-4-6-9-24)32(51)19-17-29(39(56)59-2)46-36(52)25-14-12-23(13-15-25)10-7-11-26-22-45-35-33(26)34(43)47-41(44)48-35/h4-6,8-9,12-15,22,27-30H,7,10-11,16-21,42H2,1-3H3,(H,46,52)(H,53,54)(H5,43,44,45,47,48)/t27?,28-,29-,30-/m0/s1. The number of aliphatic carboxylic acids is 1. The van der Waals surface area contributed by atoms with Gasteiger partial charge in [-0.25, -0.2) is 9.59 Å². The Morgan fingerprint density at radius 2 is 1.43 bits per heavy atom. The van der Waals surface area contributed by atoms with Crippen molar-refractivity contribution in [1.82, 2.24) is 25.2 Å². The predicted octanol–water partition coefficient (Wildman–Crippen LogP) is 1.86. The molecule has 0 spiro atoms. The lowest BCUT2D eigenvalue weighted by Crippen LogP contribution is -2.51. The molecule has 1 unspecified atom stereocenters. The zero-order valence-electron chi connectivity index (χ0n) is 33.6. The number of carboxylic acids is 1. The number of fused-ring (bicyclic) bond motifs is 1. The number of rotatable bonds is 21. The van der Waals surface area contributed by atoms with E-state index in [0.29, 0.717) is 34.3 Å². The lowest BCUT2D eigenvalue weighted by atomic mass is 9.91. The predicted molar refractivity (Wildman–Crippen MR) is 216 cm³/mol. The van der Waals surface area contributed by atoms with Gasteiger partial charge in [0.25, 0.3) is 5.91 Å². The Morgan fingerprint density at radius 3 is 2.05 bits per heavy atom. The zero-order valence-corrected chi connectivity index (χ0v) is 33.6. The van der Waals surface area contributed by atoms with Gasteiger partial charge in [-0.3, -0.25) is 28.9 Å². The Bertz CT molecular complexity index is 2160. The number of aryl methyl sites for hydroxylation is 2. The smallest absolute Gasteiger partial charge is 0.329 e. The van der Waals surface area contributed by atoms with Gasteiger partial charge in [-0.15, -0.1) is 0 Å². The van der Waals surface area contributed by atoms with Crippen LogP contribution in [0.1, 0.15) is 65.6 Å². The van der Waals surface area contributed by atoms with Gasteiger partial charge in [-0.05, 0) is 73.8 Å². The molecule has 0 bridgehead atoms. The Morgan fingerprint density at radius 1 is 0.800 bits per heavy atom. The van der Waals surface area contributed by atoms with E-state index in [0.717, 1.165) is 38.9 Å². The third-order valence-corrected chi connectivity index (χ3v) is 9.90. The molecule has 0 fully saturated rings. The van der Waals surface area contributed by atoms with Crippen molar-refractivity contribution in [2.24, 2.45) is 11.7 Å². The summed E-state index contributed by atoms with van der Waals surface area (Å²) in [6, 6.07) is 10.9. The minimum absolute atomic E-state index is 0.0445. The van der Waals surface area contributed by atoms with Gasteiger partial charge < -0.3 is 46.8 Å². The van der Waals surface area contributed by atoms with Gasteiger partial charge in [0, 0.05) is 24.6 Å². The number of nitrogens with one attached hydrogen (secondary N) is 2. The van der Waals surface area contributed by atoms with Crippen LogP contribution in [0.5, 0.6) is 0 Å². The largest absolute Gasteiger partial charge is 0.481 e. The van der Waals surface area contributed by atoms with Crippen LogP contribution in [0.25, 0.3) is 11.0 Å². The van der Waals surface area contributed by atoms with Crippen LogP contribution < -0.4 is 22.5 Å². The Hall–Kier alpha value is -6.89. The summed E-state index contributed by atoms with van der Waals surface area (Å²) in [4.78, 5) is 103. The Kier molecular flexibility index (Phi) is 16.6. The van der Waals surface area contributed by atoms with Gasteiger partial charge in [0.2, 0.25) is 17.8 Å². The maximum Gasteiger partial charge on any atom is 0.329 e. The van der Waals surface area contributed by atoms with E-state index in [4.69, 9.17) is 26.7 Å². The number of nitrogens with two attached hydrogens (primary N) is 3. The van der Waals surface area contributed by atoms with Crippen LogP contribution in [-0.4, -0.2) is 106 Å². The number of H-pyrrole nitrogens is 1. The first-order valence-electron chi connectivity index (χ1n) is 19.1. The number of benzene rings is 2. The highest BCUT2D eigenvalue weighted by molar-refractivity contribution is 6.00. The second kappa shape index (κ2) is 21.8. The lowest BCUT2D eigenvalue weighted by Gasteiger charge is -2.31. The molecule has 2 aromatic heterocycles. The topological polar surface area (TPSA) is 302 Å². The fourth-order valence-electron chi connectivity index (χ4n) is 6.71. The van der Waals surface area contributed by atoms with Crippen molar-refractivity contribution in [2.45, 2.75) is 75.9 Å². The number of hydrogen-bond acceptors (Lipinski definition) is 15. The average molecular weight is 831 g/mol. The molecule has 4 aromatic rings. The zero-order chi connectivity index (χ0) is 43.9. The van der Waals surface area contributed by atoms with Crippen LogP contribution in [0.2, 0.25) is 0 Å². The van der Waals surface area contributed by atoms with Crippen molar-refractivity contribution in [3.63, 3.8) is 0 Å². The van der Waals surface area contributed by atoms with Crippen LogP contribution in [0.3, 0.4) is 0 Å². The van der Waals surface area contributed by atoms with E-state index in [1.54, 1.807) is 54.6 Å². The monoisotopic (exact) mass is 830 g/mol. The number of amides is 3. The van der Waals surface area contributed by atoms with Crippen LogP contribution in [0.4, 0.5) is 11.8 Å². The second-order valence-corrected chi connectivity index (χ2v) is 14.0. The summed E-state index contributed by atoms with van der Waals surface area (Å²) in [6.07, 6.45) is 1.55. The molecular formula is C41H50N8O11. The number of nitrogen functional groups attached to an aromatic ring is 2. The van der Waals surface area contributed by atoms with Crippen molar-refractivity contribution in [3.8, 4) is 0 Å². The van der Waals surface area contributed by atoms with Crippen LogP contribution in [-0.2, 0) is 62.2 Å². The number of carboxylic acid groups (broad SMARTS) is 1. The number of anilines is 2. The normalized spacial score (nSPS) is 13.0. The molecular weight excluding hydrogens is 780 g/mol. The Balaban J connectivity index is 1.47. The second-order valence-electron chi connectivity index (χ2n) is 14.0. The molecule has 0 saturated heterocycles. The minimum atomic E-state index is -1.72. The SMILES string of the molecule is COC(=O)[C@H](CCC(=O)N(C(=O)CC[C@H](N)C(=O)OC)[C@@H](CC(Cc1ccccc1)C(=O)O)C(=O)OC)NC(=O)c1ccc(CCCc2c[nH]c3nc(N)nc(N)c23)cc1. The third kappa shape index (κ3) is 12.3. The number of nitrogens with zero attached hydrogens (tertiary/aromatic N) is 3. The summed E-state index contributed by atoms with van der Waals surface area (Å²) in [5, 5.41) is 13.4. The van der Waals surface area contributed by atoms with Gasteiger partial charge >= 0.3 is 23.9 Å². The van der Waals surface area contributed by atoms with E-state index in [1.165, 1.54) is 0 Å². The fourth-order valence-corrected chi connectivity index (χ4v) is 6.71. The molecule has 9 N–H and O–H groups in total. The number of carbonyl (C=O) groups excluding carboxylic acids is 6. The first-order chi connectivity index (χ1) is 28.7. The van der Waals surface area contributed by atoms with Crippen LogP contribution in [0.15, 0.2) is 60.8 Å². The maximum atomic E-state index is 14.0. The van der Waals surface area contributed by atoms with Gasteiger partial charge in [-0.1, -0.05) is 42.5 Å². The highest BCUT2D eigenvalue weighted by Crippen LogP contribution is 2.25. The van der Waals surface area contributed by atoms with Crippen molar-refractivity contribution in [3.05, 3.63) is 83.0 Å². The summed E-state index contributed by atoms with van der Waals surface area (Å²) in [6.45, 7) is 0. The molecule has 0 saturated carbocycles. The maximum absolute atomic E-state index is 14.0. The molecule has 4 rings (SSSR count). The van der Waals surface area contributed by atoms with Gasteiger partial charge in [0.05, 0.1) is 32.6 Å². The minimum Gasteiger partial charge on any atom is -0.481 e. The number of methoxy groups -OCH3 is 3. The number of aromatic amines is 1. The number of esters is 3. The number of carbonyl (C=O) groups is 7. The first-order valence-corrected chi connectivity index (χ1v) is 19.1. The highest BCUT2D eigenvalue weighted by Gasteiger charge is 2.39. The molecule has 60 heavy (non-hydrogen) atoms. The fraction of sp³-hybridized carbons (Fsp3) is 0.390. The van der Waals surface area contributed by atoms with E-state index in [1.807, 2.05) is 6.20 Å². The van der Waals surface area contributed by atoms with E-state index in [-0.39, 0.29) is 36.6 Å². The van der Waals surface area contributed by atoms with Gasteiger partial charge in [-0.2, -0.15) is 9.97 Å². The van der Waals surface area contributed by atoms with Gasteiger partial charge in [0.15, 0.2) is 0 Å². The van der Waals surface area contributed by atoms with E-state index < -0.39 is 84.9 Å². The molecule has 4 atom stereocenters. The first kappa shape index (κ1) is 45.8. The molecule has 2 heterocycles. The number of ether oxygens (including phenoxy) is 3. The quantitative estimate of drug-likeness (QED) is 0.0516. The van der Waals surface area contributed by atoms with E-state index >= 15 is 0 Å². The van der Waals surface area contributed by atoms with Gasteiger partial charge in [0.1, 0.15) is 29.6 Å². The van der Waals surface area contributed by atoms with Crippen molar-refractivity contribution >= 4 is 64.4 Å². The lowest BCUT2D eigenvalue weighted by molar-refractivity contribution is -0.162. The number of hydrogen-bond donors (Lipinski definition) is 6. The summed E-state index contributed by atoms with van der Waals surface area (Å²) in [5.74, 6) is -7.55. The molecule has 0 aliphatic rings. The molecule has 2 aromatic carbocycles. The van der Waals surface area contributed by atoms with E-state index in [2.05, 4.69) is 25.0 Å². The number of aromatic nitrogens is 3. The van der Waals surface area contributed by atoms with Crippen LogP contribution >= 0.6 is 0 Å². The number of imide groups is 1. The molecule has 0 radical (unpaired) electrons.